The van der Waals surface area contributed by atoms with Crippen LogP contribution in [0.2, 0.25) is 0 Å². The Morgan fingerprint density at radius 3 is 2.79 bits per heavy atom. The van der Waals surface area contributed by atoms with Crippen molar-refractivity contribution in [3.05, 3.63) is 72.2 Å². The highest BCUT2D eigenvalue weighted by molar-refractivity contribution is 5.81. The van der Waals surface area contributed by atoms with Crippen LogP contribution in [0.4, 0.5) is 4.39 Å². The molecule has 0 spiro atoms. The van der Waals surface area contributed by atoms with E-state index in [4.69, 9.17) is 4.74 Å². The Morgan fingerprint density at radius 1 is 1.00 bits per heavy atom. The zero-order valence-corrected chi connectivity index (χ0v) is 10.2. The third-order valence-corrected chi connectivity index (χ3v) is 2.93. The Morgan fingerprint density at radius 2 is 1.89 bits per heavy atom. The fourth-order valence-electron chi connectivity index (χ4n) is 2.00. The molecule has 0 saturated heterocycles. The van der Waals surface area contributed by atoms with Crippen LogP contribution in [-0.4, -0.2) is 4.98 Å². The summed E-state index contributed by atoms with van der Waals surface area (Å²) in [5.74, 6) is 0.234. The smallest absolute Gasteiger partial charge is 0.126 e. The molecule has 0 fully saturated rings. The van der Waals surface area contributed by atoms with Crippen LogP contribution in [0.5, 0.6) is 5.75 Å². The maximum absolute atomic E-state index is 13.1. The van der Waals surface area contributed by atoms with E-state index in [0.29, 0.717) is 12.4 Å². The molecule has 3 rings (SSSR count). The molecule has 0 saturated carbocycles. The molecular weight excluding hydrogens is 241 g/mol. The van der Waals surface area contributed by atoms with Crippen LogP contribution in [0.15, 0.2) is 60.8 Å². The van der Waals surface area contributed by atoms with Crippen molar-refractivity contribution in [1.29, 1.82) is 0 Å². The van der Waals surface area contributed by atoms with E-state index in [9.17, 15) is 4.39 Å². The molecule has 0 atom stereocenters. The van der Waals surface area contributed by atoms with Crippen LogP contribution in [0.3, 0.4) is 0 Å². The van der Waals surface area contributed by atoms with Crippen LogP contribution < -0.4 is 4.74 Å². The van der Waals surface area contributed by atoms with Crippen molar-refractivity contribution in [3.8, 4) is 5.75 Å². The van der Waals surface area contributed by atoms with Crippen LogP contribution in [0, 0.1) is 5.82 Å². The van der Waals surface area contributed by atoms with E-state index in [1.807, 2.05) is 30.3 Å². The second kappa shape index (κ2) is 5.06. The molecule has 0 aliphatic rings. The average Bonchev–Trinajstić information content (AvgIpc) is 2.45. The molecule has 0 aliphatic heterocycles. The van der Waals surface area contributed by atoms with Crippen molar-refractivity contribution in [2.45, 2.75) is 6.61 Å². The van der Waals surface area contributed by atoms with Crippen LogP contribution >= 0.6 is 0 Å². The lowest BCUT2D eigenvalue weighted by atomic mass is 10.1. The molecule has 0 unspecified atom stereocenters. The minimum Gasteiger partial charge on any atom is -0.489 e. The number of para-hydroxylation sites is 1. The molecule has 0 bridgehead atoms. The average molecular weight is 253 g/mol. The predicted octanol–water partition coefficient (Wildman–Crippen LogP) is 3.95. The van der Waals surface area contributed by atoms with E-state index in [2.05, 4.69) is 4.98 Å². The van der Waals surface area contributed by atoms with E-state index in [1.54, 1.807) is 18.3 Å². The van der Waals surface area contributed by atoms with Gasteiger partial charge in [0.1, 0.15) is 18.2 Å². The summed E-state index contributed by atoms with van der Waals surface area (Å²) in [5.41, 5.74) is 1.97. The number of pyridine rings is 1. The zero-order chi connectivity index (χ0) is 13.1. The van der Waals surface area contributed by atoms with E-state index in [0.717, 1.165) is 16.5 Å². The van der Waals surface area contributed by atoms with Gasteiger partial charge in [-0.25, -0.2) is 4.39 Å². The van der Waals surface area contributed by atoms with Crippen LogP contribution in [-0.2, 0) is 6.61 Å². The van der Waals surface area contributed by atoms with E-state index >= 15 is 0 Å². The highest BCUT2D eigenvalue weighted by Crippen LogP contribution is 2.19. The van der Waals surface area contributed by atoms with E-state index < -0.39 is 0 Å². The molecule has 1 aromatic heterocycles. The largest absolute Gasteiger partial charge is 0.489 e. The van der Waals surface area contributed by atoms with Gasteiger partial charge in [-0.2, -0.15) is 0 Å². The molecule has 0 N–H and O–H groups in total. The van der Waals surface area contributed by atoms with Gasteiger partial charge in [-0.05, 0) is 24.3 Å². The Kier molecular flexibility index (Phi) is 3.11. The maximum Gasteiger partial charge on any atom is 0.126 e. The number of hydrogen-bond donors (Lipinski definition) is 0. The van der Waals surface area contributed by atoms with Crippen molar-refractivity contribution in [3.63, 3.8) is 0 Å². The summed E-state index contributed by atoms with van der Waals surface area (Å²) >= 11 is 0. The summed E-state index contributed by atoms with van der Waals surface area (Å²) in [6.45, 7) is 0.395. The summed E-state index contributed by atoms with van der Waals surface area (Å²) in [7, 11) is 0. The third kappa shape index (κ3) is 2.55. The van der Waals surface area contributed by atoms with Gasteiger partial charge in [-0.1, -0.05) is 24.3 Å². The third-order valence-electron chi connectivity index (χ3n) is 2.93. The summed E-state index contributed by atoms with van der Waals surface area (Å²) in [6.07, 6.45) is 1.76. The molecule has 3 aromatic rings. The molecule has 19 heavy (non-hydrogen) atoms. The molecule has 0 aliphatic carbocycles. The van der Waals surface area contributed by atoms with Gasteiger partial charge in [0.05, 0.1) is 5.52 Å². The Bertz CT molecular complexity index is 706. The molecule has 0 radical (unpaired) electrons. The standard InChI is InChI=1S/C16H12FNO/c17-13-4-3-5-14(10-13)19-11-12-8-9-18-16-7-2-1-6-15(12)16/h1-10H,11H2. The molecule has 3 heteroatoms. The first kappa shape index (κ1) is 11.7. The zero-order valence-electron chi connectivity index (χ0n) is 10.2. The SMILES string of the molecule is Fc1cccc(OCc2ccnc3ccccc23)c1. The maximum atomic E-state index is 13.1. The summed E-state index contributed by atoms with van der Waals surface area (Å²) in [5, 5.41) is 1.06. The number of halogens is 1. The van der Waals surface area contributed by atoms with Gasteiger partial charge in [0.25, 0.3) is 0 Å². The number of nitrogens with zero attached hydrogens (tertiary/aromatic N) is 1. The molecule has 1 heterocycles. The molecule has 0 amide bonds. The van der Waals surface area contributed by atoms with Gasteiger partial charge < -0.3 is 4.74 Å². The Hall–Kier alpha value is -2.42. The molecule has 2 nitrogen and oxygen atoms in total. The second-order valence-corrected chi connectivity index (χ2v) is 4.23. The first-order valence-electron chi connectivity index (χ1n) is 6.04. The van der Waals surface area contributed by atoms with E-state index in [-0.39, 0.29) is 5.82 Å². The Labute approximate surface area is 110 Å². The summed E-state index contributed by atoms with van der Waals surface area (Å²) in [4.78, 5) is 4.30. The van der Waals surface area contributed by atoms with Gasteiger partial charge in [0, 0.05) is 23.2 Å². The lowest BCUT2D eigenvalue weighted by Gasteiger charge is -2.08. The fourth-order valence-corrected chi connectivity index (χ4v) is 2.00. The highest BCUT2D eigenvalue weighted by atomic mass is 19.1. The minimum absolute atomic E-state index is 0.294. The molecular formula is C16H12FNO. The lowest BCUT2D eigenvalue weighted by Crippen LogP contribution is -1.97. The normalized spacial score (nSPS) is 10.6. The number of aromatic nitrogens is 1. The van der Waals surface area contributed by atoms with Crippen LogP contribution in [0.25, 0.3) is 10.9 Å². The van der Waals surface area contributed by atoms with Gasteiger partial charge in [0.2, 0.25) is 0 Å². The highest BCUT2D eigenvalue weighted by Gasteiger charge is 2.02. The Balaban J connectivity index is 1.86. The van der Waals surface area contributed by atoms with Gasteiger partial charge in [-0.3, -0.25) is 4.98 Å². The topological polar surface area (TPSA) is 22.1 Å². The van der Waals surface area contributed by atoms with Gasteiger partial charge in [-0.15, -0.1) is 0 Å². The van der Waals surface area contributed by atoms with Crippen molar-refractivity contribution < 1.29 is 9.13 Å². The summed E-state index contributed by atoms with van der Waals surface area (Å²) in [6, 6.07) is 16.0. The number of ether oxygens (including phenoxy) is 1. The van der Waals surface area contributed by atoms with Crippen molar-refractivity contribution in [2.75, 3.05) is 0 Å². The number of hydrogen-bond acceptors (Lipinski definition) is 2. The lowest BCUT2D eigenvalue weighted by molar-refractivity contribution is 0.306. The van der Waals surface area contributed by atoms with Crippen molar-refractivity contribution >= 4 is 10.9 Å². The first-order valence-corrected chi connectivity index (χ1v) is 6.04. The van der Waals surface area contributed by atoms with Crippen LogP contribution in [0.1, 0.15) is 5.56 Å². The molecule has 2 aromatic carbocycles. The summed E-state index contributed by atoms with van der Waals surface area (Å²) < 4.78 is 18.7. The minimum atomic E-state index is -0.294. The quantitative estimate of drug-likeness (QED) is 0.705. The van der Waals surface area contributed by atoms with Crippen molar-refractivity contribution in [2.24, 2.45) is 0 Å². The monoisotopic (exact) mass is 253 g/mol. The second-order valence-electron chi connectivity index (χ2n) is 4.23. The van der Waals surface area contributed by atoms with Crippen molar-refractivity contribution in [1.82, 2.24) is 4.98 Å². The fraction of sp³-hybridized carbons (Fsp3) is 0.0625. The molecule has 94 valence electrons. The number of rotatable bonds is 3. The first-order chi connectivity index (χ1) is 9.33. The number of fused-ring (bicyclic) bond motifs is 1. The van der Waals surface area contributed by atoms with Gasteiger partial charge in [0.15, 0.2) is 0 Å². The number of benzene rings is 2. The van der Waals surface area contributed by atoms with Gasteiger partial charge >= 0.3 is 0 Å². The predicted molar refractivity (Wildman–Crippen MR) is 72.5 cm³/mol. The van der Waals surface area contributed by atoms with E-state index in [1.165, 1.54) is 12.1 Å².